The molecule has 3 rings (SSSR count). The van der Waals surface area contributed by atoms with Crippen molar-refractivity contribution >= 4 is 40.0 Å². The topological polar surface area (TPSA) is 56.7 Å². The molecule has 4 nitrogen and oxygen atoms in total. The van der Waals surface area contributed by atoms with E-state index in [2.05, 4.69) is 9.97 Å². The van der Waals surface area contributed by atoms with Crippen LogP contribution in [0.4, 0.5) is 4.39 Å². The number of fused-ring (bicyclic) bond motifs is 1. The van der Waals surface area contributed by atoms with E-state index in [1.807, 2.05) is 0 Å². The van der Waals surface area contributed by atoms with Crippen LogP contribution in [0.1, 0.15) is 0 Å². The number of aromatic nitrogens is 3. The van der Waals surface area contributed by atoms with Crippen molar-refractivity contribution in [3.63, 3.8) is 0 Å². The van der Waals surface area contributed by atoms with E-state index in [1.54, 1.807) is 28.8 Å². The van der Waals surface area contributed by atoms with Gasteiger partial charge in [-0.05, 0) is 18.2 Å². The molecule has 0 radical (unpaired) electrons. The van der Waals surface area contributed by atoms with Crippen molar-refractivity contribution in [2.75, 3.05) is 0 Å². The fourth-order valence-corrected chi connectivity index (χ4v) is 2.42. The van der Waals surface area contributed by atoms with Crippen LogP contribution in [0.2, 0.25) is 5.02 Å². The highest BCUT2D eigenvalue weighted by molar-refractivity contribution is 7.80. The first-order valence-electron chi connectivity index (χ1n) is 6.11. The zero-order valence-electron chi connectivity index (χ0n) is 10.8. The molecule has 106 valence electrons. The van der Waals surface area contributed by atoms with E-state index in [4.69, 9.17) is 29.6 Å². The van der Waals surface area contributed by atoms with Gasteiger partial charge in [0.1, 0.15) is 17.2 Å². The van der Waals surface area contributed by atoms with Crippen molar-refractivity contribution in [1.29, 1.82) is 0 Å². The van der Waals surface area contributed by atoms with E-state index < -0.39 is 0 Å². The second kappa shape index (κ2) is 5.38. The molecule has 2 N–H and O–H groups in total. The maximum absolute atomic E-state index is 14.0. The Hall–Kier alpha value is -2.05. The Morgan fingerprint density at radius 1 is 1.38 bits per heavy atom. The van der Waals surface area contributed by atoms with Crippen LogP contribution in [0.3, 0.4) is 0 Å². The third-order valence-electron chi connectivity index (χ3n) is 2.98. The molecule has 0 fully saturated rings. The number of benzene rings is 1. The number of thiocarbonyl (C=S) groups is 1. The zero-order valence-corrected chi connectivity index (χ0v) is 12.3. The molecule has 0 saturated carbocycles. The van der Waals surface area contributed by atoms with Gasteiger partial charge in [0.05, 0.1) is 22.1 Å². The van der Waals surface area contributed by atoms with Crippen molar-refractivity contribution in [3.05, 3.63) is 47.4 Å². The summed E-state index contributed by atoms with van der Waals surface area (Å²) in [7, 11) is 0. The minimum atomic E-state index is -0.372. The largest absolute Gasteiger partial charge is 0.392 e. The third kappa shape index (κ3) is 2.59. The normalized spacial score (nSPS) is 11.0. The zero-order chi connectivity index (χ0) is 15.0. The number of imidazole rings is 1. The molecule has 0 aliphatic heterocycles. The van der Waals surface area contributed by atoms with Crippen LogP contribution in [-0.2, 0) is 6.54 Å². The summed E-state index contributed by atoms with van der Waals surface area (Å²) in [5.41, 5.74) is 7.12. The first-order chi connectivity index (χ1) is 10.1. The van der Waals surface area contributed by atoms with Crippen LogP contribution in [0.5, 0.6) is 0 Å². The van der Waals surface area contributed by atoms with Crippen LogP contribution < -0.4 is 5.73 Å². The number of hydrogen-bond acceptors (Lipinski definition) is 3. The average Bonchev–Trinajstić information content (AvgIpc) is 2.76. The highest BCUT2D eigenvalue weighted by Gasteiger charge is 2.17. The van der Waals surface area contributed by atoms with Gasteiger partial charge >= 0.3 is 0 Å². The van der Waals surface area contributed by atoms with Gasteiger partial charge in [-0.2, -0.15) is 0 Å². The lowest BCUT2D eigenvalue weighted by Crippen LogP contribution is -2.17. The Labute approximate surface area is 130 Å². The Balaban J connectivity index is 2.30. The Bertz CT molecular complexity index is 846. The maximum atomic E-state index is 14.0. The third-order valence-corrected chi connectivity index (χ3v) is 3.32. The number of pyridine rings is 1. The van der Waals surface area contributed by atoms with Crippen molar-refractivity contribution < 1.29 is 4.39 Å². The molecule has 7 heteroatoms. The summed E-state index contributed by atoms with van der Waals surface area (Å²) in [4.78, 5) is 8.93. The summed E-state index contributed by atoms with van der Waals surface area (Å²) < 4.78 is 15.7. The molecule has 0 spiro atoms. The SMILES string of the molecule is NC(=S)Cn1c(-c2ccccc2F)nc2cc(Cl)cnc21. The predicted octanol–water partition coefficient (Wildman–Crippen LogP) is 3.18. The van der Waals surface area contributed by atoms with Gasteiger partial charge in [0, 0.05) is 6.20 Å². The fraction of sp³-hybridized carbons (Fsp3) is 0.0714. The molecule has 0 aliphatic carbocycles. The molecule has 2 heterocycles. The first kappa shape index (κ1) is 13.9. The van der Waals surface area contributed by atoms with Crippen LogP contribution >= 0.6 is 23.8 Å². The molecule has 0 unspecified atom stereocenters. The van der Waals surface area contributed by atoms with Gasteiger partial charge in [-0.25, -0.2) is 14.4 Å². The summed E-state index contributed by atoms with van der Waals surface area (Å²) in [6.45, 7) is 0.226. The van der Waals surface area contributed by atoms with Gasteiger partial charge < -0.3 is 10.3 Å². The van der Waals surface area contributed by atoms with E-state index in [0.717, 1.165) is 0 Å². The second-order valence-electron chi connectivity index (χ2n) is 4.46. The molecular formula is C14H10ClFN4S. The highest BCUT2D eigenvalue weighted by atomic mass is 35.5. The lowest BCUT2D eigenvalue weighted by Gasteiger charge is -2.08. The fourth-order valence-electron chi connectivity index (χ4n) is 2.14. The maximum Gasteiger partial charge on any atom is 0.160 e. The Morgan fingerprint density at radius 3 is 2.86 bits per heavy atom. The lowest BCUT2D eigenvalue weighted by molar-refractivity contribution is 0.628. The number of rotatable bonds is 3. The van der Waals surface area contributed by atoms with Gasteiger partial charge in [-0.15, -0.1) is 0 Å². The quantitative estimate of drug-likeness (QED) is 0.753. The highest BCUT2D eigenvalue weighted by Crippen LogP contribution is 2.27. The molecule has 3 aromatic rings. The predicted molar refractivity (Wildman–Crippen MR) is 84.7 cm³/mol. The summed E-state index contributed by atoms with van der Waals surface area (Å²) in [5.74, 6) is 0.0498. The van der Waals surface area contributed by atoms with E-state index in [-0.39, 0.29) is 17.4 Å². The minimum absolute atomic E-state index is 0.226. The van der Waals surface area contributed by atoms with Crippen LogP contribution in [0, 0.1) is 5.82 Å². The van der Waals surface area contributed by atoms with E-state index >= 15 is 0 Å². The number of hydrogen-bond donors (Lipinski definition) is 1. The minimum Gasteiger partial charge on any atom is -0.392 e. The van der Waals surface area contributed by atoms with Gasteiger partial charge in [-0.1, -0.05) is 36.0 Å². The van der Waals surface area contributed by atoms with E-state index in [0.29, 0.717) is 27.6 Å². The van der Waals surface area contributed by atoms with Gasteiger partial charge in [-0.3, -0.25) is 0 Å². The molecule has 0 atom stereocenters. The van der Waals surface area contributed by atoms with Crippen molar-refractivity contribution in [1.82, 2.24) is 14.5 Å². The number of nitrogens with two attached hydrogens (primary N) is 1. The molecule has 21 heavy (non-hydrogen) atoms. The molecule has 1 aromatic carbocycles. The van der Waals surface area contributed by atoms with Crippen molar-refractivity contribution in [3.8, 4) is 11.4 Å². The van der Waals surface area contributed by atoms with Crippen molar-refractivity contribution in [2.45, 2.75) is 6.54 Å². The molecule has 0 aliphatic rings. The monoisotopic (exact) mass is 320 g/mol. The van der Waals surface area contributed by atoms with Crippen molar-refractivity contribution in [2.24, 2.45) is 5.73 Å². The number of halogens is 2. The lowest BCUT2D eigenvalue weighted by atomic mass is 10.2. The van der Waals surface area contributed by atoms with Gasteiger partial charge in [0.2, 0.25) is 0 Å². The van der Waals surface area contributed by atoms with Crippen LogP contribution in [0.15, 0.2) is 36.5 Å². The molecule has 0 bridgehead atoms. The first-order valence-corrected chi connectivity index (χ1v) is 6.90. The van der Waals surface area contributed by atoms with Gasteiger partial charge in [0.15, 0.2) is 5.65 Å². The number of nitrogens with zero attached hydrogens (tertiary/aromatic N) is 3. The molecule has 2 aromatic heterocycles. The Morgan fingerprint density at radius 2 is 2.14 bits per heavy atom. The van der Waals surface area contributed by atoms with E-state index in [9.17, 15) is 4.39 Å². The van der Waals surface area contributed by atoms with E-state index in [1.165, 1.54) is 12.3 Å². The average molecular weight is 321 g/mol. The smallest absolute Gasteiger partial charge is 0.160 e. The summed E-state index contributed by atoms with van der Waals surface area (Å²) in [6, 6.07) is 8.05. The van der Waals surface area contributed by atoms with Crippen LogP contribution in [-0.4, -0.2) is 19.5 Å². The standard InChI is InChI=1S/C14H10ClFN4S/c15-8-5-11-14(18-6-8)20(7-12(17)21)13(19-11)9-3-1-2-4-10(9)16/h1-6H,7H2,(H2,17,21). The summed E-state index contributed by atoms with van der Waals surface area (Å²) in [5, 5.41) is 0.461. The summed E-state index contributed by atoms with van der Waals surface area (Å²) in [6.07, 6.45) is 1.51. The molecular weight excluding hydrogens is 311 g/mol. The van der Waals surface area contributed by atoms with Crippen LogP contribution in [0.25, 0.3) is 22.6 Å². The Kier molecular flexibility index (Phi) is 3.57. The van der Waals surface area contributed by atoms with Gasteiger partial charge in [0.25, 0.3) is 0 Å². The second-order valence-corrected chi connectivity index (χ2v) is 5.42. The summed E-state index contributed by atoms with van der Waals surface area (Å²) >= 11 is 10.9. The molecule has 0 saturated heterocycles. The molecule has 0 amide bonds.